The van der Waals surface area contributed by atoms with Crippen LogP contribution in [0.1, 0.15) is 24.4 Å². The highest BCUT2D eigenvalue weighted by Gasteiger charge is 2.10. The van der Waals surface area contributed by atoms with Crippen LogP contribution in [0, 0.1) is 6.92 Å². The summed E-state index contributed by atoms with van der Waals surface area (Å²) >= 11 is 0. The first-order valence-corrected chi connectivity index (χ1v) is 5.39. The fourth-order valence-electron chi connectivity index (χ4n) is 1.55. The Labute approximate surface area is 94.9 Å². The van der Waals surface area contributed by atoms with Crippen LogP contribution in [0.15, 0.2) is 24.5 Å². The molecule has 16 heavy (non-hydrogen) atoms. The molecule has 2 rings (SSSR count). The van der Waals surface area contributed by atoms with E-state index in [1.54, 1.807) is 0 Å². The highest BCUT2D eigenvalue weighted by atomic mass is 14.9. The van der Waals surface area contributed by atoms with E-state index in [4.69, 9.17) is 5.73 Å². The topological polar surface area (TPSA) is 67.6 Å². The molecule has 4 nitrogen and oxygen atoms in total. The molecule has 0 aliphatic carbocycles. The van der Waals surface area contributed by atoms with Gasteiger partial charge in [0, 0.05) is 36.1 Å². The number of hydrogen-bond acceptors (Lipinski definition) is 3. The number of nitrogens with two attached hydrogens (primary N) is 1. The summed E-state index contributed by atoms with van der Waals surface area (Å²) in [5.41, 5.74) is 8.64. The van der Waals surface area contributed by atoms with Gasteiger partial charge in [-0.15, -0.1) is 0 Å². The maximum atomic E-state index is 5.64. The van der Waals surface area contributed by atoms with Crippen LogP contribution in [0.5, 0.6) is 0 Å². The molecule has 0 bridgehead atoms. The molecule has 0 amide bonds. The third-order valence-electron chi connectivity index (χ3n) is 2.56. The maximum absolute atomic E-state index is 5.64. The number of rotatable bonds is 3. The molecule has 2 heterocycles. The fourth-order valence-corrected chi connectivity index (χ4v) is 1.55. The molecule has 0 saturated carbocycles. The first kappa shape index (κ1) is 10.8. The Bertz CT molecular complexity index is 462. The lowest BCUT2D eigenvalue weighted by atomic mass is 10.1. The molecule has 2 aromatic rings. The second-order valence-corrected chi connectivity index (χ2v) is 3.99. The minimum Gasteiger partial charge on any atom is -0.367 e. The lowest BCUT2D eigenvalue weighted by Crippen LogP contribution is -2.13. The molecule has 4 heteroatoms. The number of aryl methyl sites for hydroxylation is 1. The third kappa shape index (κ3) is 2.12. The molecule has 0 aromatic carbocycles. The van der Waals surface area contributed by atoms with E-state index >= 15 is 0 Å². The summed E-state index contributed by atoms with van der Waals surface area (Å²) in [4.78, 5) is 12.0. The van der Waals surface area contributed by atoms with Crippen molar-refractivity contribution in [2.75, 3.05) is 6.54 Å². The Morgan fingerprint density at radius 3 is 2.88 bits per heavy atom. The zero-order chi connectivity index (χ0) is 11.5. The molecule has 1 unspecified atom stereocenters. The van der Waals surface area contributed by atoms with Crippen LogP contribution in [-0.2, 0) is 0 Å². The van der Waals surface area contributed by atoms with E-state index in [2.05, 4.69) is 15.0 Å². The van der Waals surface area contributed by atoms with Crippen LogP contribution < -0.4 is 5.73 Å². The van der Waals surface area contributed by atoms with Gasteiger partial charge in [0.15, 0.2) is 0 Å². The first-order chi connectivity index (χ1) is 7.70. The van der Waals surface area contributed by atoms with Crippen molar-refractivity contribution < 1.29 is 0 Å². The summed E-state index contributed by atoms with van der Waals surface area (Å²) in [5.74, 6) is 1.01. The standard InChI is InChI=1S/C12H16N4/c1-8(6-13)12-15-9(2)5-11(16-12)10-3-4-14-7-10/h3-5,7-8,14H,6,13H2,1-2H3. The van der Waals surface area contributed by atoms with Crippen molar-refractivity contribution in [3.05, 3.63) is 36.0 Å². The van der Waals surface area contributed by atoms with Gasteiger partial charge in [0.25, 0.3) is 0 Å². The van der Waals surface area contributed by atoms with Crippen LogP contribution in [0.4, 0.5) is 0 Å². The van der Waals surface area contributed by atoms with Gasteiger partial charge in [0.05, 0.1) is 5.69 Å². The number of H-pyrrole nitrogens is 1. The molecule has 0 aliphatic rings. The summed E-state index contributed by atoms with van der Waals surface area (Å²) in [6, 6.07) is 3.98. The number of aromatic nitrogens is 3. The minimum atomic E-state index is 0.192. The molecule has 0 fully saturated rings. The van der Waals surface area contributed by atoms with Gasteiger partial charge in [0.2, 0.25) is 0 Å². The number of nitrogens with one attached hydrogen (secondary N) is 1. The summed E-state index contributed by atoms with van der Waals surface area (Å²) in [6.07, 6.45) is 3.82. The van der Waals surface area contributed by atoms with Crippen LogP contribution in [0.2, 0.25) is 0 Å². The SMILES string of the molecule is Cc1cc(-c2cc[nH]c2)nc(C(C)CN)n1. The minimum absolute atomic E-state index is 0.192. The van der Waals surface area contributed by atoms with Gasteiger partial charge in [-0.1, -0.05) is 6.92 Å². The lowest BCUT2D eigenvalue weighted by molar-refractivity contribution is 0.708. The molecular formula is C12H16N4. The molecule has 0 saturated heterocycles. The smallest absolute Gasteiger partial charge is 0.133 e. The maximum Gasteiger partial charge on any atom is 0.133 e. The second kappa shape index (κ2) is 4.45. The van der Waals surface area contributed by atoms with E-state index in [0.29, 0.717) is 6.54 Å². The van der Waals surface area contributed by atoms with Gasteiger partial charge in [-0.25, -0.2) is 9.97 Å². The zero-order valence-electron chi connectivity index (χ0n) is 9.57. The Balaban J connectivity index is 2.44. The average Bonchev–Trinajstić information content (AvgIpc) is 2.80. The summed E-state index contributed by atoms with van der Waals surface area (Å²) in [7, 11) is 0. The normalized spacial score (nSPS) is 12.7. The van der Waals surface area contributed by atoms with E-state index in [9.17, 15) is 0 Å². The average molecular weight is 216 g/mol. The van der Waals surface area contributed by atoms with E-state index < -0.39 is 0 Å². The number of hydrogen-bond donors (Lipinski definition) is 2. The summed E-state index contributed by atoms with van der Waals surface area (Å²) in [6.45, 7) is 4.58. The highest BCUT2D eigenvalue weighted by molar-refractivity contribution is 5.58. The monoisotopic (exact) mass is 216 g/mol. The molecule has 0 radical (unpaired) electrons. The third-order valence-corrected chi connectivity index (χ3v) is 2.56. The predicted octanol–water partition coefficient (Wildman–Crippen LogP) is 1.84. The molecule has 3 N–H and O–H groups in total. The van der Waals surface area contributed by atoms with Gasteiger partial charge in [-0.3, -0.25) is 0 Å². The molecular weight excluding hydrogens is 200 g/mol. The molecule has 0 aliphatic heterocycles. The van der Waals surface area contributed by atoms with Crippen molar-refractivity contribution in [2.45, 2.75) is 19.8 Å². The Hall–Kier alpha value is -1.68. The van der Waals surface area contributed by atoms with Gasteiger partial charge >= 0.3 is 0 Å². The predicted molar refractivity (Wildman–Crippen MR) is 64.0 cm³/mol. The van der Waals surface area contributed by atoms with Crippen LogP contribution >= 0.6 is 0 Å². The quantitative estimate of drug-likeness (QED) is 0.822. The van der Waals surface area contributed by atoms with E-state index in [1.165, 1.54) is 0 Å². The first-order valence-electron chi connectivity index (χ1n) is 5.39. The summed E-state index contributed by atoms with van der Waals surface area (Å²) in [5, 5.41) is 0. The second-order valence-electron chi connectivity index (χ2n) is 3.99. The molecule has 84 valence electrons. The van der Waals surface area contributed by atoms with Crippen molar-refractivity contribution in [2.24, 2.45) is 5.73 Å². The van der Waals surface area contributed by atoms with Crippen molar-refractivity contribution in [1.29, 1.82) is 0 Å². The van der Waals surface area contributed by atoms with Crippen molar-refractivity contribution in [3.63, 3.8) is 0 Å². The van der Waals surface area contributed by atoms with Gasteiger partial charge in [0.1, 0.15) is 5.82 Å². The van der Waals surface area contributed by atoms with Crippen LogP contribution in [0.3, 0.4) is 0 Å². The number of aromatic amines is 1. The van der Waals surface area contributed by atoms with E-state index in [1.807, 2.05) is 38.4 Å². The fraction of sp³-hybridized carbons (Fsp3) is 0.333. The van der Waals surface area contributed by atoms with Gasteiger partial charge < -0.3 is 10.7 Å². The highest BCUT2D eigenvalue weighted by Crippen LogP contribution is 2.19. The largest absolute Gasteiger partial charge is 0.367 e. The van der Waals surface area contributed by atoms with E-state index in [0.717, 1.165) is 22.8 Å². The Morgan fingerprint density at radius 1 is 1.44 bits per heavy atom. The number of nitrogens with zero attached hydrogens (tertiary/aromatic N) is 2. The van der Waals surface area contributed by atoms with Crippen molar-refractivity contribution in [3.8, 4) is 11.3 Å². The Morgan fingerprint density at radius 2 is 2.25 bits per heavy atom. The van der Waals surface area contributed by atoms with Crippen LogP contribution in [0.25, 0.3) is 11.3 Å². The zero-order valence-corrected chi connectivity index (χ0v) is 9.57. The lowest BCUT2D eigenvalue weighted by Gasteiger charge is -2.09. The van der Waals surface area contributed by atoms with Gasteiger partial charge in [-0.05, 0) is 19.1 Å². The molecule has 0 spiro atoms. The van der Waals surface area contributed by atoms with Gasteiger partial charge in [-0.2, -0.15) is 0 Å². The van der Waals surface area contributed by atoms with E-state index in [-0.39, 0.29) is 5.92 Å². The Kier molecular flexibility index (Phi) is 3.01. The summed E-state index contributed by atoms with van der Waals surface area (Å²) < 4.78 is 0. The van der Waals surface area contributed by atoms with Crippen molar-refractivity contribution >= 4 is 0 Å². The van der Waals surface area contributed by atoms with Crippen molar-refractivity contribution in [1.82, 2.24) is 15.0 Å². The molecule has 1 atom stereocenters. The molecule has 2 aromatic heterocycles. The van der Waals surface area contributed by atoms with Crippen LogP contribution in [-0.4, -0.2) is 21.5 Å².